The van der Waals surface area contributed by atoms with Crippen molar-refractivity contribution in [2.75, 3.05) is 25.1 Å². The molecule has 1 aliphatic heterocycles. The van der Waals surface area contributed by atoms with E-state index in [1.54, 1.807) is 7.11 Å². The van der Waals surface area contributed by atoms with Crippen LogP contribution in [0.2, 0.25) is 0 Å². The molecular weight excluding hydrogens is 316 g/mol. The van der Waals surface area contributed by atoms with Gasteiger partial charge in [-0.15, -0.1) is 0 Å². The van der Waals surface area contributed by atoms with Gasteiger partial charge >= 0.3 is 0 Å². The molecule has 0 aliphatic carbocycles. The Morgan fingerprint density at radius 3 is 2.70 bits per heavy atom. The van der Waals surface area contributed by atoms with Crippen LogP contribution in [0.5, 0.6) is 0 Å². The maximum atomic E-state index is 5.43. The van der Waals surface area contributed by atoms with Crippen LogP contribution >= 0.6 is 15.9 Å². The lowest BCUT2D eigenvalue weighted by Crippen LogP contribution is -2.35. The zero-order valence-corrected chi connectivity index (χ0v) is 14.5. The first-order valence-corrected chi connectivity index (χ1v) is 7.99. The SMILES string of the molecule is COC1CCN(c2ccc(CNC(C)(C)C)c(Br)c2)C1. The van der Waals surface area contributed by atoms with E-state index >= 15 is 0 Å². The van der Waals surface area contributed by atoms with Crippen LogP contribution in [-0.4, -0.2) is 31.8 Å². The van der Waals surface area contributed by atoms with Crippen LogP contribution in [0.4, 0.5) is 5.69 Å². The highest BCUT2D eigenvalue weighted by molar-refractivity contribution is 9.10. The minimum absolute atomic E-state index is 0.138. The summed E-state index contributed by atoms with van der Waals surface area (Å²) in [7, 11) is 1.80. The summed E-state index contributed by atoms with van der Waals surface area (Å²) in [6.45, 7) is 9.50. The molecule has 4 heteroatoms. The zero-order chi connectivity index (χ0) is 14.8. The molecule has 2 rings (SSSR count). The molecule has 20 heavy (non-hydrogen) atoms. The Labute approximate surface area is 130 Å². The van der Waals surface area contributed by atoms with Crippen LogP contribution < -0.4 is 10.2 Å². The summed E-state index contributed by atoms with van der Waals surface area (Å²) >= 11 is 3.70. The standard InChI is InChI=1S/C16H25BrN2O/c1-16(2,3)18-10-12-5-6-13(9-15(12)17)19-8-7-14(11-19)20-4/h5-6,9,14,18H,7-8,10-11H2,1-4H3. The van der Waals surface area contributed by atoms with E-state index in [0.717, 1.165) is 26.1 Å². The van der Waals surface area contributed by atoms with Crippen molar-refractivity contribution in [1.29, 1.82) is 0 Å². The largest absolute Gasteiger partial charge is 0.380 e. The molecule has 1 unspecified atom stereocenters. The van der Waals surface area contributed by atoms with Crippen molar-refractivity contribution in [3.8, 4) is 0 Å². The lowest BCUT2D eigenvalue weighted by Gasteiger charge is -2.22. The first-order chi connectivity index (χ1) is 9.39. The van der Waals surface area contributed by atoms with Gasteiger partial charge in [0, 0.05) is 42.4 Å². The minimum Gasteiger partial charge on any atom is -0.380 e. The summed E-state index contributed by atoms with van der Waals surface area (Å²) in [6.07, 6.45) is 1.48. The fourth-order valence-corrected chi connectivity index (χ4v) is 2.90. The van der Waals surface area contributed by atoms with Crippen molar-refractivity contribution < 1.29 is 4.74 Å². The minimum atomic E-state index is 0.138. The van der Waals surface area contributed by atoms with Crippen LogP contribution in [0, 0.1) is 0 Å². The van der Waals surface area contributed by atoms with Gasteiger partial charge in [-0.25, -0.2) is 0 Å². The number of halogens is 1. The number of hydrogen-bond acceptors (Lipinski definition) is 3. The Bertz CT molecular complexity index is 456. The monoisotopic (exact) mass is 340 g/mol. The molecule has 1 N–H and O–H groups in total. The molecule has 1 aliphatic rings. The van der Waals surface area contributed by atoms with Gasteiger partial charge in [0.15, 0.2) is 0 Å². The number of nitrogens with zero attached hydrogens (tertiary/aromatic N) is 1. The molecule has 1 fully saturated rings. The van der Waals surface area contributed by atoms with Crippen LogP contribution in [0.15, 0.2) is 22.7 Å². The Morgan fingerprint density at radius 1 is 1.40 bits per heavy atom. The van der Waals surface area contributed by atoms with Gasteiger partial charge in [-0.05, 0) is 44.9 Å². The van der Waals surface area contributed by atoms with E-state index in [9.17, 15) is 0 Å². The van der Waals surface area contributed by atoms with Gasteiger partial charge in [0.25, 0.3) is 0 Å². The van der Waals surface area contributed by atoms with E-state index in [-0.39, 0.29) is 5.54 Å². The molecule has 1 atom stereocenters. The van der Waals surface area contributed by atoms with Gasteiger partial charge < -0.3 is 15.0 Å². The number of hydrogen-bond donors (Lipinski definition) is 1. The molecule has 0 amide bonds. The highest BCUT2D eigenvalue weighted by Crippen LogP contribution is 2.27. The third kappa shape index (κ3) is 4.21. The van der Waals surface area contributed by atoms with Crippen molar-refractivity contribution in [1.82, 2.24) is 5.32 Å². The molecule has 0 saturated carbocycles. The quantitative estimate of drug-likeness (QED) is 0.906. The van der Waals surface area contributed by atoms with E-state index in [1.807, 2.05) is 0 Å². The molecule has 1 heterocycles. The number of nitrogens with one attached hydrogen (secondary N) is 1. The van der Waals surface area contributed by atoms with Crippen molar-refractivity contribution in [3.63, 3.8) is 0 Å². The molecule has 3 nitrogen and oxygen atoms in total. The highest BCUT2D eigenvalue weighted by Gasteiger charge is 2.22. The number of anilines is 1. The van der Waals surface area contributed by atoms with Gasteiger partial charge in [-0.3, -0.25) is 0 Å². The third-order valence-electron chi connectivity index (χ3n) is 3.69. The van der Waals surface area contributed by atoms with Gasteiger partial charge in [-0.2, -0.15) is 0 Å². The lowest BCUT2D eigenvalue weighted by molar-refractivity contribution is 0.121. The van der Waals surface area contributed by atoms with Gasteiger partial charge in [-0.1, -0.05) is 22.0 Å². The summed E-state index contributed by atoms with van der Waals surface area (Å²) < 4.78 is 6.60. The second kappa shape index (κ2) is 6.46. The van der Waals surface area contributed by atoms with E-state index in [2.05, 4.69) is 65.1 Å². The second-order valence-electron chi connectivity index (χ2n) is 6.47. The Balaban J connectivity index is 2.02. The fourth-order valence-electron chi connectivity index (χ4n) is 2.39. The van der Waals surface area contributed by atoms with Gasteiger partial charge in [0.2, 0.25) is 0 Å². The molecule has 1 saturated heterocycles. The predicted octanol–water partition coefficient (Wildman–Crippen LogP) is 3.56. The molecule has 0 aromatic heterocycles. The summed E-state index contributed by atoms with van der Waals surface area (Å²) in [6, 6.07) is 6.64. The second-order valence-corrected chi connectivity index (χ2v) is 7.33. The lowest BCUT2D eigenvalue weighted by atomic mass is 10.1. The molecule has 1 aromatic carbocycles. The van der Waals surface area contributed by atoms with E-state index < -0.39 is 0 Å². The molecular formula is C16H25BrN2O. The Morgan fingerprint density at radius 2 is 2.15 bits per heavy atom. The molecule has 0 radical (unpaired) electrons. The van der Waals surface area contributed by atoms with Crippen LogP contribution in [0.1, 0.15) is 32.8 Å². The van der Waals surface area contributed by atoms with Crippen LogP contribution in [0.25, 0.3) is 0 Å². The first kappa shape index (κ1) is 15.8. The number of rotatable bonds is 4. The van der Waals surface area contributed by atoms with E-state index in [1.165, 1.54) is 15.7 Å². The van der Waals surface area contributed by atoms with E-state index in [4.69, 9.17) is 4.74 Å². The Hall–Kier alpha value is -0.580. The summed E-state index contributed by atoms with van der Waals surface area (Å²) in [5.41, 5.74) is 2.71. The van der Waals surface area contributed by atoms with Crippen molar-refractivity contribution in [2.24, 2.45) is 0 Å². The summed E-state index contributed by atoms with van der Waals surface area (Å²) in [4.78, 5) is 2.39. The Kier molecular flexibility index (Phi) is 5.10. The van der Waals surface area contributed by atoms with Gasteiger partial charge in [0.05, 0.1) is 6.10 Å². The van der Waals surface area contributed by atoms with Crippen molar-refractivity contribution in [3.05, 3.63) is 28.2 Å². The van der Waals surface area contributed by atoms with Crippen LogP contribution in [-0.2, 0) is 11.3 Å². The first-order valence-electron chi connectivity index (χ1n) is 7.20. The predicted molar refractivity (Wildman–Crippen MR) is 88.4 cm³/mol. The molecule has 0 spiro atoms. The fraction of sp³-hybridized carbons (Fsp3) is 0.625. The smallest absolute Gasteiger partial charge is 0.0762 e. The number of methoxy groups -OCH3 is 1. The highest BCUT2D eigenvalue weighted by atomic mass is 79.9. The third-order valence-corrected chi connectivity index (χ3v) is 4.43. The number of ether oxygens (including phenoxy) is 1. The van der Waals surface area contributed by atoms with Crippen molar-refractivity contribution >= 4 is 21.6 Å². The average molecular weight is 341 g/mol. The molecule has 112 valence electrons. The zero-order valence-electron chi connectivity index (χ0n) is 12.9. The molecule has 1 aromatic rings. The average Bonchev–Trinajstić information content (AvgIpc) is 2.85. The summed E-state index contributed by atoms with van der Waals surface area (Å²) in [5, 5.41) is 3.52. The van der Waals surface area contributed by atoms with Crippen molar-refractivity contribution in [2.45, 2.75) is 45.4 Å². The normalized spacial score (nSPS) is 19.6. The molecule has 0 bridgehead atoms. The topological polar surface area (TPSA) is 24.5 Å². The maximum absolute atomic E-state index is 5.43. The van der Waals surface area contributed by atoms with E-state index in [0.29, 0.717) is 6.10 Å². The van der Waals surface area contributed by atoms with Crippen LogP contribution in [0.3, 0.4) is 0 Å². The maximum Gasteiger partial charge on any atom is 0.0762 e. The number of benzene rings is 1. The van der Waals surface area contributed by atoms with Gasteiger partial charge in [0.1, 0.15) is 0 Å². The summed E-state index contributed by atoms with van der Waals surface area (Å²) in [5.74, 6) is 0.